The SMILES string of the molecule is CC/C=C\C/C=C\C/C=C\C/C=C\C/C=C\CCCCCCCCCCCCCCCCCC(=O)OCC(O)COP(=O)(O)OCC(O)COP(=O)(O)OCC(COC(=O)CCCCCCC/C=C\C/C=C\C/C=C\CC)OC(=O)CCCCCCC/C=C\CCCC. The number of unbranched alkanes of at least 4 members (excludes halogenated alkanes) is 27. The molecule has 0 bridgehead atoms. The fraction of sp³-hybridized carbons (Fsp3) is 0.720. The van der Waals surface area contributed by atoms with E-state index in [2.05, 4.69) is 130 Å². The van der Waals surface area contributed by atoms with Crippen LogP contribution in [0.25, 0.3) is 0 Å². The van der Waals surface area contributed by atoms with E-state index in [-0.39, 0.29) is 19.3 Å². The molecule has 18 heteroatoms. The molecule has 536 valence electrons. The van der Waals surface area contributed by atoms with Crippen molar-refractivity contribution in [3.8, 4) is 0 Å². The van der Waals surface area contributed by atoms with Crippen molar-refractivity contribution in [3.63, 3.8) is 0 Å². The first-order valence-corrected chi connectivity index (χ1v) is 39.2. The molecule has 0 aromatic heterocycles. The van der Waals surface area contributed by atoms with Crippen molar-refractivity contribution in [1.29, 1.82) is 0 Å². The van der Waals surface area contributed by atoms with E-state index >= 15 is 0 Å². The van der Waals surface area contributed by atoms with Crippen LogP contribution in [0, 0.1) is 0 Å². The van der Waals surface area contributed by atoms with Crippen molar-refractivity contribution in [3.05, 3.63) is 109 Å². The van der Waals surface area contributed by atoms with Gasteiger partial charge in [-0.15, -0.1) is 0 Å². The summed E-state index contributed by atoms with van der Waals surface area (Å²) in [5, 5.41) is 20.6. The van der Waals surface area contributed by atoms with E-state index in [0.717, 1.165) is 141 Å². The van der Waals surface area contributed by atoms with Gasteiger partial charge < -0.3 is 34.2 Å². The average Bonchev–Trinajstić information content (AvgIpc) is 2.38. The van der Waals surface area contributed by atoms with Gasteiger partial charge in [-0.25, -0.2) is 9.13 Å². The predicted octanol–water partition coefficient (Wildman–Crippen LogP) is 20.4. The lowest BCUT2D eigenvalue weighted by molar-refractivity contribution is -0.161. The summed E-state index contributed by atoms with van der Waals surface area (Å²) in [5.41, 5.74) is 0. The van der Waals surface area contributed by atoms with Crippen molar-refractivity contribution in [1.82, 2.24) is 0 Å². The van der Waals surface area contributed by atoms with Crippen LogP contribution in [0.15, 0.2) is 109 Å². The lowest BCUT2D eigenvalue weighted by atomic mass is 10.0. The van der Waals surface area contributed by atoms with Crippen LogP contribution in [0.5, 0.6) is 0 Å². The fourth-order valence-electron chi connectivity index (χ4n) is 9.48. The van der Waals surface area contributed by atoms with Gasteiger partial charge in [0, 0.05) is 19.3 Å². The lowest BCUT2D eigenvalue weighted by Crippen LogP contribution is -2.30. The van der Waals surface area contributed by atoms with E-state index in [1.54, 1.807) is 0 Å². The quantitative estimate of drug-likeness (QED) is 0.0146. The summed E-state index contributed by atoms with van der Waals surface area (Å²) in [6, 6.07) is 0. The molecule has 0 saturated carbocycles. The Bertz CT molecular complexity index is 2130. The third-order valence-electron chi connectivity index (χ3n) is 15.0. The summed E-state index contributed by atoms with van der Waals surface area (Å²) in [7, 11) is -9.78. The smallest absolute Gasteiger partial charge is 0.463 e. The number of rotatable bonds is 68. The number of phosphoric acid groups is 2. The van der Waals surface area contributed by atoms with Gasteiger partial charge in [0.25, 0.3) is 0 Å². The number of hydrogen-bond donors (Lipinski definition) is 4. The summed E-state index contributed by atoms with van der Waals surface area (Å²) < 4.78 is 60.8. The molecule has 0 spiro atoms. The third-order valence-corrected chi connectivity index (χ3v) is 16.9. The van der Waals surface area contributed by atoms with Gasteiger partial charge in [0.1, 0.15) is 25.4 Å². The second kappa shape index (κ2) is 68.2. The van der Waals surface area contributed by atoms with E-state index in [1.807, 2.05) is 0 Å². The van der Waals surface area contributed by atoms with Crippen LogP contribution in [-0.4, -0.2) is 95.9 Å². The highest BCUT2D eigenvalue weighted by Crippen LogP contribution is 2.45. The molecule has 0 fully saturated rings. The molecule has 0 radical (unpaired) electrons. The Morgan fingerprint density at radius 2 is 0.570 bits per heavy atom. The predicted molar refractivity (Wildman–Crippen MR) is 380 cm³/mol. The summed E-state index contributed by atoms with van der Waals surface area (Å²) >= 11 is 0. The normalized spacial score (nSPS) is 14.8. The van der Waals surface area contributed by atoms with Gasteiger partial charge in [-0.3, -0.25) is 32.5 Å². The second-order valence-corrected chi connectivity index (χ2v) is 26.9. The Morgan fingerprint density at radius 1 is 0.312 bits per heavy atom. The minimum absolute atomic E-state index is 0.0898. The molecule has 0 heterocycles. The number of carbonyl (C=O) groups is 3. The van der Waals surface area contributed by atoms with Crippen LogP contribution >= 0.6 is 15.6 Å². The van der Waals surface area contributed by atoms with Crippen molar-refractivity contribution in [2.45, 2.75) is 309 Å². The maximum Gasteiger partial charge on any atom is 0.472 e. The standard InChI is InChI=1S/C75H130O16P2/c1-4-7-10-13-16-19-22-24-26-27-28-29-30-31-32-33-34-35-36-37-38-39-40-41-43-45-47-49-52-55-58-61-73(78)85-64-70(76)65-87-92(81,82)88-66-71(77)67-89-93(83,84)90-69-72(91-75(80)63-60-57-54-51-46-21-18-15-12-9-6-3)68-86-74(79)62-59-56-53-50-48-44-42-25-23-20-17-14-11-8-5-2/h7-8,10-11,15-20,24-26,28-29,31-32,42,70-72,76-77H,4-6,9,12-14,21-23,27,30,33-41,43-69H2,1-3H3,(H,81,82)(H,83,84)/b10-7-,11-8-,18-15-,19-16-,20-17-,26-24-,29-28-,32-31-,42-25-. The molecular formula is C75H130O16P2. The van der Waals surface area contributed by atoms with Gasteiger partial charge in [0.05, 0.1) is 26.4 Å². The molecule has 4 N–H and O–H groups in total. The highest BCUT2D eigenvalue weighted by Gasteiger charge is 2.29. The van der Waals surface area contributed by atoms with Crippen LogP contribution in [0.3, 0.4) is 0 Å². The zero-order valence-corrected chi connectivity index (χ0v) is 59.9. The van der Waals surface area contributed by atoms with Crippen LogP contribution in [0.4, 0.5) is 0 Å². The molecule has 93 heavy (non-hydrogen) atoms. The minimum atomic E-state index is -4.92. The summed E-state index contributed by atoms with van der Waals surface area (Å²) in [4.78, 5) is 58.3. The van der Waals surface area contributed by atoms with Crippen LogP contribution < -0.4 is 0 Å². The molecule has 5 atom stereocenters. The van der Waals surface area contributed by atoms with Gasteiger partial charge in [0.2, 0.25) is 0 Å². The number of aliphatic hydroxyl groups is 2. The molecular weight excluding hydrogens is 1220 g/mol. The molecule has 0 aromatic carbocycles. The number of esters is 3. The van der Waals surface area contributed by atoms with Crippen molar-refractivity contribution in [2.24, 2.45) is 0 Å². The van der Waals surface area contributed by atoms with Crippen molar-refractivity contribution < 1.29 is 75.8 Å². The maximum absolute atomic E-state index is 12.9. The van der Waals surface area contributed by atoms with E-state index < -0.39 is 91.5 Å². The molecule has 0 saturated heterocycles. The Hall–Kier alpha value is -3.79. The average molecular weight is 1350 g/mol. The number of phosphoric ester groups is 2. The minimum Gasteiger partial charge on any atom is -0.463 e. The summed E-state index contributed by atoms with van der Waals surface area (Å²) in [6.45, 7) is 2.37. The maximum atomic E-state index is 12.9. The molecule has 0 aliphatic heterocycles. The molecule has 0 aromatic rings. The summed E-state index contributed by atoms with van der Waals surface area (Å²) in [6.07, 6.45) is 77.4. The van der Waals surface area contributed by atoms with Gasteiger partial charge in [0.15, 0.2) is 6.10 Å². The number of allylic oxidation sites excluding steroid dienone is 18. The zero-order chi connectivity index (χ0) is 68.1. The molecule has 5 unspecified atom stereocenters. The molecule has 0 amide bonds. The fourth-order valence-corrected chi connectivity index (χ4v) is 11.1. The first-order chi connectivity index (χ1) is 45.2. The zero-order valence-electron chi connectivity index (χ0n) is 58.1. The molecule has 0 rings (SSSR count). The monoisotopic (exact) mass is 1350 g/mol. The molecule has 0 aliphatic carbocycles. The highest BCUT2D eigenvalue weighted by molar-refractivity contribution is 7.47. The number of hydrogen-bond acceptors (Lipinski definition) is 14. The number of aliphatic hydroxyl groups excluding tert-OH is 2. The third kappa shape index (κ3) is 69.4. The van der Waals surface area contributed by atoms with Gasteiger partial charge in [-0.1, -0.05) is 265 Å². The molecule has 16 nitrogen and oxygen atoms in total. The van der Waals surface area contributed by atoms with E-state index in [0.29, 0.717) is 19.3 Å². The second-order valence-electron chi connectivity index (χ2n) is 24.0. The van der Waals surface area contributed by atoms with Gasteiger partial charge in [-0.05, 0) is 116 Å². The van der Waals surface area contributed by atoms with Gasteiger partial charge >= 0.3 is 33.6 Å². The number of carbonyl (C=O) groups excluding carboxylic acids is 3. The Labute approximate surface area is 564 Å². The number of ether oxygens (including phenoxy) is 3. The van der Waals surface area contributed by atoms with Crippen LogP contribution in [0.1, 0.15) is 290 Å². The Kier molecular flexibility index (Phi) is 65.4. The summed E-state index contributed by atoms with van der Waals surface area (Å²) in [5.74, 6) is -1.60. The van der Waals surface area contributed by atoms with Crippen LogP contribution in [0.2, 0.25) is 0 Å². The highest BCUT2D eigenvalue weighted by atomic mass is 31.2. The largest absolute Gasteiger partial charge is 0.472 e. The van der Waals surface area contributed by atoms with E-state index in [9.17, 15) is 43.5 Å². The Morgan fingerprint density at radius 3 is 0.914 bits per heavy atom. The van der Waals surface area contributed by atoms with E-state index in [1.165, 1.54) is 89.9 Å². The lowest BCUT2D eigenvalue weighted by Gasteiger charge is -2.21. The first kappa shape index (κ1) is 89.2. The Balaban J connectivity index is 4.37. The topological polar surface area (TPSA) is 231 Å². The first-order valence-electron chi connectivity index (χ1n) is 36.2. The van der Waals surface area contributed by atoms with Crippen LogP contribution in [-0.2, 0) is 55.8 Å². The van der Waals surface area contributed by atoms with Gasteiger partial charge in [-0.2, -0.15) is 0 Å². The molecule has 0 aliphatic rings. The van der Waals surface area contributed by atoms with Crippen molar-refractivity contribution in [2.75, 3.05) is 39.6 Å². The van der Waals surface area contributed by atoms with Crippen molar-refractivity contribution >= 4 is 33.6 Å². The van der Waals surface area contributed by atoms with E-state index in [4.69, 9.17) is 32.3 Å².